The highest BCUT2D eigenvalue weighted by Gasteiger charge is 2.20. The minimum absolute atomic E-state index is 0.0223. The van der Waals surface area contributed by atoms with Gasteiger partial charge >= 0.3 is 0 Å². The molecule has 0 atom stereocenters. The maximum atomic E-state index is 12.9. The Labute approximate surface area is 208 Å². The number of aromatic amines is 1. The van der Waals surface area contributed by atoms with Gasteiger partial charge in [0.15, 0.2) is 11.5 Å². The first kappa shape index (κ1) is 21.9. The summed E-state index contributed by atoms with van der Waals surface area (Å²) in [4.78, 5) is 49.5. The van der Waals surface area contributed by atoms with Crippen molar-refractivity contribution in [3.05, 3.63) is 82.8 Å². The number of nitrogens with zero attached hydrogens (tertiary/aromatic N) is 2. The quantitative estimate of drug-likeness (QED) is 0.339. The molecule has 178 valence electrons. The summed E-state index contributed by atoms with van der Waals surface area (Å²) in [5, 5.41) is 6.74. The zero-order chi connectivity index (χ0) is 24.6. The highest BCUT2D eigenvalue weighted by molar-refractivity contribution is 7.20. The fourth-order valence-electron chi connectivity index (χ4n) is 4.19. The first-order chi connectivity index (χ1) is 17.5. The van der Waals surface area contributed by atoms with Crippen LogP contribution in [-0.2, 0) is 17.8 Å². The van der Waals surface area contributed by atoms with Gasteiger partial charge in [0, 0.05) is 29.4 Å². The van der Waals surface area contributed by atoms with Crippen molar-refractivity contribution in [1.82, 2.24) is 20.3 Å². The molecule has 1 aliphatic rings. The number of thiophene rings is 1. The first-order valence-corrected chi connectivity index (χ1v) is 12.0. The Morgan fingerprint density at radius 2 is 1.97 bits per heavy atom. The third kappa shape index (κ3) is 4.07. The Morgan fingerprint density at radius 3 is 2.86 bits per heavy atom. The van der Waals surface area contributed by atoms with E-state index in [0.717, 1.165) is 21.2 Å². The van der Waals surface area contributed by atoms with Crippen molar-refractivity contribution in [3.63, 3.8) is 0 Å². The van der Waals surface area contributed by atoms with E-state index in [9.17, 15) is 14.4 Å². The molecule has 3 N–H and O–H groups in total. The number of hydrogen-bond donors (Lipinski definition) is 3. The smallest absolute Gasteiger partial charge is 0.272 e. The summed E-state index contributed by atoms with van der Waals surface area (Å²) in [6.07, 6.45) is 3.21. The van der Waals surface area contributed by atoms with Gasteiger partial charge in [0.05, 0.1) is 16.1 Å². The molecule has 6 rings (SSSR count). The van der Waals surface area contributed by atoms with E-state index >= 15 is 0 Å². The Morgan fingerprint density at radius 1 is 1.08 bits per heavy atom. The van der Waals surface area contributed by atoms with Gasteiger partial charge in [0.25, 0.3) is 11.8 Å². The second-order valence-corrected chi connectivity index (χ2v) is 9.46. The number of ether oxygens (including phenoxy) is 1. The van der Waals surface area contributed by atoms with Crippen LogP contribution in [0.25, 0.3) is 21.1 Å². The number of anilines is 1. The lowest BCUT2D eigenvalue weighted by atomic mass is 10.0. The standard InChI is InChI=1S/C26H19N5O4S/c32-17-8-16-7-14(5-6-19(16)35-12-17)10-28-26(34)24-23-22(29-13-30-24)18(11-27-23)31-25(33)21-9-15-3-1-2-4-20(15)36-21/h1-7,9,11,13,27H,8,10,12H2,(H,28,34)(H,31,33). The number of H-pyrrole nitrogens is 1. The van der Waals surface area contributed by atoms with Crippen LogP contribution in [0.3, 0.4) is 0 Å². The van der Waals surface area contributed by atoms with Crippen LogP contribution in [0.2, 0.25) is 0 Å². The van der Waals surface area contributed by atoms with Crippen molar-refractivity contribution in [1.29, 1.82) is 0 Å². The molecule has 0 unspecified atom stereocenters. The highest BCUT2D eigenvalue weighted by Crippen LogP contribution is 2.28. The lowest BCUT2D eigenvalue weighted by Crippen LogP contribution is -2.25. The Balaban J connectivity index is 1.19. The molecule has 2 aromatic carbocycles. The van der Waals surface area contributed by atoms with Gasteiger partial charge in [0.2, 0.25) is 0 Å². The van der Waals surface area contributed by atoms with E-state index in [1.807, 2.05) is 48.5 Å². The van der Waals surface area contributed by atoms with Gasteiger partial charge in [-0.05, 0) is 35.2 Å². The molecule has 5 aromatic rings. The highest BCUT2D eigenvalue weighted by atomic mass is 32.1. The number of fused-ring (bicyclic) bond motifs is 3. The average molecular weight is 498 g/mol. The monoisotopic (exact) mass is 497 g/mol. The molecule has 36 heavy (non-hydrogen) atoms. The molecule has 0 bridgehead atoms. The number of benzene rings is 2. The number of ketones is 1. The van der Waals surface area contributed by atoms with Crippen LogP contribution in [0.4, 0.5) is 5.69 Å². The molecule has 0 aliphatic carbocycles. The van der Waals surface area contributed by atoms with E-state index in [4.69, 9.17) is 4.74 Å². The van der Waals surface area contributed by atoms with Crippen LogP contribution in [0.1, 0.15) is 31.3 Å². The lowest BCUT2D eigenvalue weighted by molar-refractivity contribution is -0.121. The van der Waals surface area contributed by atoms with E-state index in [1.54, 1.807) is 6.20 Å². The van der Waals surface area contributed by atoms with E-state index in [0.29, 0.717) is 33.8 Å². The molecular formula is C26H19N5O4S. The summed E-state index contributed by atoms with van der Waals surface area (Å²) in [5.41, 5.74) is 3.14. The van der Waals surface area contributed by atoms with Gasteiger partial charge in [-0.15, -0.1) is 11.3 Å². The molecule has 4 heterocycles. The van der Waals surface area contributed by atoms with Gasteiger partial charge < -0.3 is 20.4 Å². The number of Topliss-reactive ketones (excluding diaryl/α,β-unsaturated/α-hetero) is 1. The second-order valence-electron chi connectivity index (χ2n) is 8.38. The molecular weight excluding hydrogens is 478 g/mol. The van der Waals surface area contributed by atoms with Crippen LogP contribution >= 0.6 is 11.3 Å². The number of carbonyl (C=O) groups is 3. The SMILES string of the molecule is O=C1COc2ccc(CNC(=O)c3ncnc4c(NC(=O)c5cc6ccccc6s5)c[nH]c34)cc2C1. The summed E-state index contributed by atoms with van der Waals surface area (Å²) >= 11 is 1.41. The number of amides is 2. The van der Waals surface area contributed by atoms with Crippen LogP contribution < -0.4 is 15.4 Å². The second kappa shape index (κ2) is 8.90. The van der Waals surface area contributed by atoms with Gasteiger partial charge in [-0.2, -0.15) is 0 Å². The van der Waals surface area contributed by atoms with Crippen molar-refractivity contribution in [2.45, 2.75) is 13.0 Å². The summed E-state index contributed by atoms with van der Waals surface area (Å²) < 4.78 is 6.45. The van der Waals surface area contributed by atoms with Gasteiger partial charge in [0.1, 0.15) is 24.2 Å². The third-order valence-corrected chi connectivity index (χ3v) is 7.04. The van der Waals surface area contributed by atoms with Gasteiger partial charge in [-0.3, -0.25) is 14.4 Å². The summed E-state index contributed by atoms with van der Waals surface area (Å²) in [6.45, 7) is 0.345. The minimum Gasteiger partial charge on any atom is -0.486 e. The Hall–Kier alpha value is -4.57. The zero-order valence-corrected chi connectivity index (χ0v) is 19.6. The Kier molecular flexibility index (Phi) is 5.42. The van der Waals surface area contributed by atoms with Gasteiger partial charge in [-0.1, -0.05) is 24.3 Å². The number of aromatic nitrogens is 3. The molecule has 2 amide bonds. The van der Waals surface area contributed by atoms with Crippen molar-refractivity contribution in [2.24, 2.45) is 0 Å². The van der Waals surface area contributed by atoms with E-state index in [1.165, 1.54) is 17.7 Å². The molecule has 1 aliphatic heterocycles. The summed E-state index contributed by atoms with van der Waals surface area (Å²) in [6, 6.07) is 15.2. The van der Waals surface area contributed by atoms with Crippen molar-refractivity contribution < 1.29 is 19.1 Å². The molecule has 0 saturated heterocycles. The molecule has 3 aromatic heterocycles. The van der Waals surface area contributed by atoms with Crippen molar-refractivity contribution in [2.75, 3.05) is 11.9 Å². The third-order valence-electron chi connectivity index (χ3n) is 5.93. The normalized spacial score (nSPS) is 12.8. The zero-order valence-electron chi connectivity index (χ0n) is 18.8. The molecule has 10 heteroatoms. The molecule has 9 nitrogen and oxygen atoms in total. The predicted molar refractivity (Wildman–Crippen MR) is 135 cm³/mol. The summed E-state index contributed by atoms with van der Waals surface area (Å²) in [5.74, 6) is 0.0705. The Bertz CT molecular complexity index is 1640. The fraction of sp³-hybridized carbons (Fsp3) is 0.115. The topological polar surface area (TPSA) is 126 Å². The minimum atomic E-state index is -0.392. The van der Waals surface area contributed by atoms with Crippen molar-refractivity contribution >= 4 is 55.7 Å². The van der Waals surface area contributed by atoms with E-state index in [2.05, 4.69) is 25.6 Å². The van der Waals surface area contributed by atoms with Crippen LogP contribution in [0.15, 0.2) is 61.1 Å². The largest absolute Gasteiger partial charge is 0.486 e. The number of carbonyl (C=O) groups excluding carboxylic acids is 3. The number of rotatable bonds is 5. The maximum Gasteiger partial charge on any atom is 0.272 e. The van der Waals surface area contributed by atoms with Crippen LogP contribution in [0.5, 0.6) is 5.75 Å². The number of nitrogens with one attached hydrogen (secondary N) is 3. The maximum absolute atomic E-state index is 12.9. The molecule has 0 spiro atoms. The van der Waals surface area contributed by atoms with Crippen LogP contribution in [-0.4, -0.2) is 39.2 Å². The molecule has 0 radical (unpaired) electrons. The van der Waals surface area contributed by atoms with Gasteiger partial charge in [-0.25, -0.2) is 9.97 Å². The van der Waals surface area contributed by atoms with E-state index in [-0.39, 0.29) is 30.5 Å². The molecule has 0 fully saturated rings. The predicted octanol–water partition coefficient (Wildman–Crippen LogP) is 3.86. The summed E-state index contributed by atoms with van der Waals surface area (Å²) in [7, 11) is 0. The number of hydrogen-bond acceptors (Lipinski definition) is 7. The van der Waals surface area contributed by atoms with Crippen LogP contribution in [0, 0.1) is 0 Å². The fourth-order valence-corrected chi connectivity index (χ4v) is 5.15. The van der Waals surface area contributed by atoms with E-state index < -0.39 is 5.91 Å². The van der Waals surface area contributed by atoms with Crippen molar-refractivity contribution in [3.8, 4) is 5.75 Å². The lowest BCUT2D eigenvalue weighted by Gasteiger charge is -2.17. The first-order valence-electron chi connectivity index (χ1n) is 11.2. The average Bonchev–Trinajstić information content (AvgIpc) is 3.51. The molecule has 0 saturated carbocycles.